The molecule has 0 radical (unpaired) electrons. The van der Waals surface area contributed by atoms with Crippen LogP contribution < -0.4 is 10.6 Å². The lowest BCUT2D eigenvalue weighted by Gasteiger charge is -2.13. The zero-order valence-corrected chi connectivity index (χ0v) is 14.4. The molecule has 0 aromatic carbocycles. The summed E-state index contributed by atoms with van der Waals surface area (Å²) in [7, 11) is 0. The highest BCUT2D eigenvalue weighted by atomic mass is 32.1. The molecule has 0 saturated carbocycles. The number of aryl methyl sites for hydroxylation is 1. The van der Waals surface area contributed by atoms with Crippen LogP contribution in [0.5, 0.6) is 0 Å². The fourth-order valence-electron chi connectivity index (χ4n) is 2.30. The van der Waals surface area contributed by atoms with Crippen molar-refractivity contribution in [2.75, 3.05) is 32.9 Å². The van der Waals surface area contributed by atoms with Crippen LogP contribution in [0.2, 0.25) is 0 Å². The van der Waals surface area contributed by atoms with Crippen molar-refractivity contribution in [2.24, 2.45) is 4.99 Å². The highest BCUT2D eigenvalue weighted by Crippen LogP contribution is 2.15. The van der Waals surface area contributed by atoms with Gasteiger partial charge in [0, 0.05) is 29.5 Å². The van der Waals surface area contributed by atoms with Crippen LogP contribution in [0, 0.1) is 6.92 Å². The summed E-state index contributed by atoms with van der Waals surface area (Å²) in [6.07, 6.45) is 2.58. The monoisotopic (exact) mass is 325 g/mol. The van der Waals surface area contributed by atoms with Gasteiger partial charge in [-0.3, -0.25) is 0 Å². The van der Waals surface area contributed by atoms with E-state index in [2.05, 4.69) is 41.6 Å². The summed E-state index contributed by atoms with van der Waals surface area (Å²) in [6.45, 7) is 8.75. The summed E-state index contributed by atoms with van der Waals surface area (Å²) in [5.41, 5.74) is 0. The minimum atomic E-state index is 0.295. The van der Waals surface area contributed by atoms with Gasteiger partial charge in [0.1, 0.15) is 0 Å². The van der Waals surface area contributed by atoms with E-state index < -0.39 is 0 Å². The number of hydrogen-bond acceptors (Lipinski definition) is 4. The average molecular weight is 325 g/mol. The Hall–Kier alpha value is -1.11. The van der Waals surface area contributed by atoms with E-state index in [1.807, 2.05) is 0 Å². The highest BCUT2D eigenvalue weighted by Gasteiger charge is 2.14. The molecule has 0 aliphatic carbocycles. The Morgan fingerprint density at radius 2 is 2.36 bits per heavy atom. The SMILES string of the molecule is CCNC(=NCc1ccc(C)s1)NCCOCC1CCCO1. The van der Waals surface area contributed by atoms with Gasteiger partial charge in [0.05, 0.1) is 25.9 Å². The van der Waals surface area contributed by atoms with Gasteiger partial charge in [-0.05, 0) is 38.8 Å². The Labute approximate surface area is 137 Å². The molecule has 1 unspecified atom stereocenters. The molecule has 1 aromatic rings. The maximum absolute atomic E-state index is 5.64. The van der Waals surface area contributed by atoms with Crippen LogP contribution in [-0.2, 0) is 16.0 Å². The van der Waals surface area contributed by atoms with Crippen molar-refractivity contribution in [3.05, 3.63) is 21.9 Å². The fraction of sp³-hybridized carbons (Fsp3) is 0.688. The number of rotatable bonds is 8. The van der Waals surface area contributed by atoms with E-state index in [0.29, 0.717) is 25.9 Å². The van der Waals surface area contributed by atoms with Crippen molar-refractivity contribution in [1.29, 1.82) is 0 Å². The lowest BCUT2D eigenvalue weighted by atomic mass is 10.2. The molecular weight excluding hydrogens is 298 g/mol. The Kier molecular flexibility index (Phi) is 7.70. The number of nitrogens with one attached hydrogen (secondary N) is 2. The van der Waals surface area contributed by atoms with E-state index in [9.17, 15) is 0 Å². The minimum Gasteiger partial charge on any atom is -0.377 e. The van der Waals surface area contributed by atoms with Crippen LogP contribution in [0.3, 0.4) is 0 Å². The molecule has 2 rings (SSSR count). The van der Waals surface area contributed by atoms with E-state index in [1.165, 1.54) is 9.75 Å². The number of thiophene rings is 1. The van der Waals surface area contributed by atoms with Gasteiger partial charge in [-0.25, -0.2) is 4.99 Å². The molecule has 1 aliphatic rings. The van der Waals surface area contributed by atoms with Gasteiger partial charge in [-0.1, -0.05) is 0 Å². The first-order chi connectivity index (χ1) is 10.8. The molecule has 2 N–H and O–H groups in total. The number of nitrogens with zero attached hydrogens (tertiary/aromatic N) is 1. The third-order valence-corrected chi connectivity index (χ3v) is 4.39. The smallest absolute Gasteiger partial charge is 0.191 e. The van der Waals surface area contributed by atoms with Crippen molar-refractivity contribution in [3.63, 3.8) is 0 Å². The zero-order chi connectivity index (χ0) is 15.6. The third kappa shape index (κ3) is 6.34. The molecule has 1 fully saturated rings. The molecular formula is C16H27N3O2S. The van der Waals surface area contributed by atoms with Gasteiger partial charge in [-0.15, -0.1) is 11.3 Å². The number of guanidine groups is 1. The van der Waals surface area contributed by atoms with E-state index in [1.54, 1.807) is 11.3 Å². The molecule has 1 aromatic heterocycles. The quantitative estimate of drug-likeness (QED) is 0.437. The van der Waals surface area contributed by atoms with Crippen molar-refractivity contribution < 1.29 is 9.47 Å². The molecule has 1 saturated heterocycles. The summed E-state index contributed by atoms with van der Waals surface area (Å²) >= 11 is 1.79. The molecule has 1 aliphatic heterocycles. The van der Waals surface area contributed by atoms with Crippen LogP contribution in [-0.4, -0.2) is 45.0 Å². The second kappa shape index (κ2) is 9.82. The molecule has 124 valence electrons. The highest BCUT2D eigenvalue weighted by molar-refractivity contribution is 7.11. The standard InChI is InChI=1S/C16H27N3O2S/c1-3-17-16(19-11-15-7-6-13(2)22-15)18-8-10-20-12-14-5-4-9-21-14/h6-7,14H,3-5,8-12H2,1-2H3,(H2,17,18,19). The van der Waals surface area contributed by atoms with Crippen LogP contribution in [0.4, 0.5) is 0 Å². The molecule has 5 nitrogen and oxygen atoms in total. The van der Waals surface area contributed by atoms with E-state index >= 15 is 0 Å². The molecule has 0 bridgehead atoms. The molecule has 1 atom stereocenters. The normalized spacial score (nSPS) is 18.6. The second-order valence-electron chi connectivity index (χ2n) is 5.34. The van der Waals surface area contributed by atoms with Gasteiger partial charge in [-0.2, -0.15) is 0 Å². The number of ether oxygens (including phenoxy) is 2. The van der Waals surface area contributed by atoms with Gasteiger partial charge < -0.3 is 20.1 Å². The maximum atomic E-state index is 5.64. The van der Waals surface area contributed by atoms with Crippen molar-refractivity contribution >= 4 is 17.3 Å². The number of aliphatic imine (C=N–C) groups is 1. The van der Waals surface area contributed by atoms with Crippen LogP contribution >= 0.6 is 11.3 Å². The summed E-state index contributed by atoms with van der Waals surface area (Å²) in [5.74, 6) is 0.842. The fourth-order valence-corrected chi connectivity index (χ4v) is 3.12. The molecule has 6 heteroatoms. The topological polar surface area (TPSA) is 54.9 Å². The van der Waals surface area contributed by atoms with Gasteiger partial charge >= 0.3 is 0 Å². The lowest BCUT2D eigenvalue weighted by molar-refractivity contribution is 0.0191. The second-order valence-corrected chi connectivity index (χ2v) is 6.72. The molecule has 22 heavy (non-hydrogen) atoms. The molecule has 0 spiro atoms. The minimum absolute atomic E-state index is 0.295. The van der Waals surface area contributed by atoms with Crippen molar-refractivity contribution in [3.8, 4) is 0 Å². The average Bonchev–Trinajstić information content (AvgIpc) is 3.16. The van der Waals surface area contributed by atoms with Crippen molar-refractivity contribution in [1.82, 2.24) is 10.6 Å². The van der Waals surface area contributed by atoms with Crippen LogP contribution in [0.25, 0.3) is 0 Å². The van der Waals surface area contributed by atoms with Gasteiger partial charge in [0.15, 0.2) is 5.96 Å². The van der Waals surface area contributed by atoms with Crippen LogP contribution in [0.15, 0.2) is 17.1 Å². The maximum Gasteiger partial charge on any atom is 0.191 e. The van der Waals surface area contributed by atoms with E-state index in [0.717, 1.165) is 38.5 Å². The predicted octanol–water partition coefficient (Wildman–Crippen LogP) is 2.31. The first-order valence-electron chi connectivity index (χ1n) is 8.04. The van der Waals surface area contributed by atoms with Gasteiger partial charge in [0.2, 0.25) is 0 Å². The number of hydrogen-bond donors (Lipinski definition) is 2. The first-order valence-corrected chi connectivity index (χ1v) is 8.86. The lowest BCUT2D eigenvalue weighted by Crippen LogP contribution is -2.39. The summed E-state index contributed by atoms with van der Waals surface area (Å²) in [4.78, 5) is 7.20. The Balaban J connectivity index is 1.64. The largest absolute Gasteiger partial charge is 0.377 e. The van der Waals surface area contributed by atoms with E-state index in [4.69, 9.17) is 9.47 Å². The molecule has 0 amide bonds. The summed E-state index contributed by atoms with van der Waals surface area (Å²) in [5, 5.41) is 6.56. The zero-order valence-electron chi connectivity index (χ0n) is 13.6. The summed E-state index contributed by atoms with van der Waals surface area (Å²) in [6, 6.07) is 4.27. The Morgan fingerprint density at radius 1 is 1.45 bits per heavy atom. The predicted molar refractivity (Wildman–Crippen MR) is 91.7 cm³/mol. The van der Waals surface area contributed by atoms with Gasteiger partial charge in [0.25, 0.3) is 0 Å². The molecule has 2 heterocycles. The Morgan fingerprint density at radius 3 is 3.05 bits per heavy atom. The summed E-state index contributed by atoms with van der Waals surface area (Å²) < 4.78 is 11.2. The van der Waals surface area contributed by atoms with Crippen LogP contribution in [0.1, 0.15) is 29.5 Å². The van der Waals surface area contributed by atoms with E-state index in [-0.39, 0.29) is 0 Å². The van der Waals surface area contributed by atoms with Crippen molar-refractivity contribution in [2.45, 2.75) is 39.3 Å². The third-order valence-electron chi connectivity index (χ3n) is 3.40. The Bertz CT molecular complexity index is 456. The first kappa shape index (κ1) is 17.2.